The summed E-state index contributed by atoms with van der Waals surface area (Å²) in [5, 5.41) is 5.51. The predicted octanol–water partition coefficient (Wildman–Crippen LogP) is 3.30. The Hall–Kier alpha value is -1.80. The quantitative estimate of drug-likeness (QED) is 0.729. The molecular weight excluding hydrogens is 383 g/mol. The molecule has 0 saturated carbocycles. The highest BCUT2D eigenvalue weighted by atomic mass is 35.5. The van der Waals surface area contributed by atoms with Gasteiger partial charge in [-0.05, 0) is 50.9 Å². The first kappa shape index (κ1) is 23.2. The van der Waals surface area contributed by atoms with E-state index >= 15 is 0 Å². The van der Waals surface area contributed by atoms with E-state index in [0.29, 0.717) is 18.9 Å². The van der Waals surface area contributed by atoms with Gasteiger partial charge in [0.2, 0.25) is 11.8 Å². The largest absolute Gasteiger partial charge is 0.418 e. The van der Waals surface area contributed by atoms with Crippen LogP contribution in [0, 0.1) is 5.92 Å². The molecule has 0 radical (unpaired) electrons. The van der Waals surface area contributed by atoms with E-state index in [4.69, 9.17) is 0 Å². The van der Waals surface area contributed by atoms with E-state index in [1.165, 1.54) is 23.1 Å². The van der Waals surface area contributed by atoms with Crippen molar-refractivity contribution in [3.63, 3.8) is 0 Å². The summed E-state index contributed by atoms with van der Waals surface area (Å²) in [5.74, 6) is -0.330. The summed E-state index contributed by atoms with van der Waals surface area (Å²) in [7, 11) is 0. The molecule has 0 aliphatic carbocycles. The number of likely N-dealkylation sites (N-methyl/N-ethyl adjacent to an activating group) is 1. The standard InChI is InChI=1S/C18H24F3N3O2.ClH/c1-2-24(17(26)8-7-13-9-10-22-11-13)12-16(25)23-15-6-4-3-5-14(15)18(19,20)21;/h3-6,13,22H,2,7-12H2,1H3,(H,23,25);1H. The van der Waals surface area contributed by atoms with Gasteiger partial charge in [0.15, 0.2) is 0 Å². The molecular formula is C18H25ClF3N3O2. The van der Waals surface area contributed by atoms with Crippen LogP contribution in [0.2, 0.25) is 0 Å². The third kappa shape index (κ3) is 7.03. The van der Waals surface area contributed by atoms with E-state index < -0.39 is 17.6 Å². The number of carbonyl (C=O) groups is 2. The zero-order valence-electron chi connectivity index (χ0n) is 15.1. The fraction of sp³-hybridized carbons (Fsp3) is 0.556. The molecule has 1 atom stereocenters. The fourth-order valence-corrected chi connectivity index (χ4v) is 3.03. The molecule has 1 fully saturated rings. The lowest BCUT2D eigenvalue weighted by Gasteiger charge is -2.22. The third-order valence-corrected chi connectivity index (χ3v) is 4.50. The summed E-state index contributed by atoms with van der Waals surface area (Å²) in [5.41, 5.74) is -1.21. The van der Waals surface area contributed by atoms with Crippen LogP contribution in [-0.4, -0.2) is 42.9 Å². The number of hydrogen-bond donors (Lipinski definition) is 2. The zero-order valence-corrected chi connectivity index (χ0v) is 16.0. The van der Waals surface area contributed by atoms with Gasteiger partial charge in [-0.2, -0.15) is 13.2 Å². The Morgan fingerprint density at radius 1 is 1.30 bits per heavy atom. The molecule has 1 aromatic carbocycles. The maximum absolute atomic E-state index is 13.0. The average molecular weight is 408 g/mol. The number of para-hydroxylation sites is 1. The summed E-state index contributed by atoms with van der Waals surface area (Å²) in [6.07, 6.45) is -2.43. The molecule has 1 aromatic rings. The lowest BCUT2D eigenvalue weighted by molar-refractivity contribution is -0.137. The van der Waals surface area contributed by atoms with Crippen molar-refractivity contribution in [2.45, 2.75) is 32.4 Å². The van der Waals surface area contributed by atoms with Crippen LogP contribution >= 0.6 is 12.4 Å². The van der Waals surface area contributed by atoms with Gasteiger partial charge in [0.25, 0.3) is 0 Å². The van der Waals surface area contributed by atoms with Crippen molar-refractivity contribution >= 4 is 29.9 Å². The number of amides is 2. The van der Waals surface area contributed by atoms with Gasteiger partial charge in [0.05, 0.1) is 17.8 Å². The van der Waals surface area contributed by atoms with Gasteiger partial charge < -0.3 is 15.5 Å². The van der Waals surface area contributed by atoms with Crippen LogP contribution in [-0.2, 0) is 15.8 Å². The number of rotatable bonds is 7. The Bertz CT molecular complexity index is 635. The highest BCUT2D eigenvalue weighted by Gasteiger charge is 2.33. The van der Waals surface area contributed by atoms with Crippen molar-refractivity contribution in [3.05, 3.63) is 29.8 Å². The predicted molar refractivity (Wildman–Crippen MR) is 99.8 cm³/mol. The second-order valence-electron chi connectivity index (χ2n) is 6.40. The number of halogens is 4. The summed E-state index contributed by atoms with van der Waals surface area (Å²) >= 11 is 0. The lowest BCUT2D eigenvalue weighted by Crippen LogP contribution is -2.38. The van der Waals surface area contributed by atoms with Crippen LogP contribution in [0.15, 0.2) is 24.3 Å². The van der Waals surface area contributed by atoms with E-state index in [9.17, 15) is 22.8 Å². The number of alkyl halides is 3. The minimum absolute atomic E-state index is 0. The monoisotopic (exact) mass is 407 g/mol. The summed E-state index contributed by atoms with van der Waals surface area (Å²) in [4.78, 5) is 25.8. The number of benzene rings is 1. The van der Waals surface area contributed by atoms with E-state index in [2.05, 4.69) is 10.6 Å². The number of anilines is 1. The molecule has 9 heteroatoms. The van der Waals surface area contributed by atoms with Gasteiger partial charge >= 0.3 is 6.18 Å². The van der Waals surface area contributed by atoms with Crippen LogP contribution in [0.1, 0.15) is 31.7 Å². The van der Waals surface area contributed by atoms with Crippen molar-refractivity contribution in [1.29, 1.82) is 0 Å². The van der Waals surface area contributed by atoms with E-state index in [0.717, 1.165) is 32.0 Å². The molecule has 0 aromatic heterocycles. The average Bonchev–Trinajstić information content (AvgIpc) is 3.10. The summed E-state index contributed by atoms with van der Waals surface area (Å²) in [6.45, 7) is 3.66. The molecule has 2 amide bonds. The summed E-state index contributed by atoms with van der Waals surface area (Å²) in [6, 6.07) is 4.79. The van der Waals surface area contributed by atoms with E-state index in [1.807, 2.05) is 0 Å². The molecule has 152 valence electrons. The Balaban J connectivity index is 0.00000364. The van der Waals surface area contributed by atoms with E-state index in [-0.39, 0.29) is 30.5 Å². The Morgan fingerprint density at radius 2 is 2.00 bits per heavy atom. The first-order chi connectivity index (χ1) is 12.3. The Labute approximate surface area is 163 Å². The van der Waals surface area contributed by atoms with Crippen LogP contribution in [0.25, 0.3) is 0 Å². The second-order valence-corrected chi connectivity index (χ2v) is 6.40. The molecule has 0 bridgehead atoms. The van der Waals surface area contributed by atoms with Crippen LogP contribution in [0.5, 0.6) is 0 Å². The van der Waals surface area contributed by atoms with Crippen molar-refractivity contribution in [1.82, 2.24) is 10.2 Å². The van der Waals surface area contributed by atoms with Crippen LogP contribution < -0.4 is 10.6 Å². The van der Waals surface area contributed by atoms with Gasteiger partial charge in [0.1, 0.15) is 0 Å². The molecule has 1 saturated heterocycles. The topological polar surface area (TPSA) is 61.4 Å². The van der Waals surface area contributed by atoms with Gasteiger partial charge in [-0.15, -0.1) is 12.4 Å². The molecule has 2 rings (SSSR count). The minimum atomic E-state index is -4.56. The smallest absolute Gasteiger partial charge is 0.334 e. The van der Waals surface area contributed by atoms with Crippen molar-refractivity contribution < 1.29 is 22.8 Å². The maximum atomic E-state index is 13.0. The first-order valence-electron chi connectivity index (χ1n) is 8.75. The Kier molecular flexibility index (Phi) is 9.05. The van der Waals surface area contributed by atoms with Gasteiger partial charge in [-0.1, -0.05) is 12.1 Å². The molecule has 2 N–H and O–H groups in total. The molecule has 1 aliphatic rings. The molecule has 27 heavy (non-hydrogen) atoms. The molecule has 1 unspecified atom stereocenters. The molecule has 5 nitrogen and oxygen atoms in total. The number of nitrogens with one attached hydrogen (secondary N) is 2. The minimum Gasteiger partial charge on any atom is -0.334 e. The number of nitrogens with zero attached hydrogens (tertiary/aromatic N) is 1. The van der Waals surface area contributed by atoms with Gasteiger partial charge in [-0.3, -0.25) is 9.59 Å². The van der Waals surface area contributed by atoms with Gasteiger partial charge in [0, 0.05) is 13.0 Å². The first-order valence-corrected chi connectivity index (χ1v) is 8.75. The zero-order chi connectivity index (χ0) is 19.2. The summed E-state index contributed by atoms with van der Waals surface area (Å²) < 4.78 is 38.9. The maximum Gasteiger partial charge on any atom is 0.418 e. The van der Waals surface area contributed by atoms with Gasteiger partial charge in [-0.25, -0.2) is 0 Å². The van der Waals surface area contributed by atoms with Crippen molar-refractivity contribution in [3.8, 4) is 0 Å². The highest BCUT2D eigenvalue weighted by Crippen LogP contribution is 2.34. The molecule has 1 aliphatic heterocycles. The second kappa shape index (κ2) is 10.5. The van der Waals surface area contributed by atoms with Crippen LogP contribution in [0.4, 0.5) is 18.9 Å². The highest BCUT2D eigenvalue weighted by molar-refractivity contribution is 5.95. The fourth-order valence-electron chi connectivity index (χ4n) is 3.03. The Morgan fingerprint density at radius 3 is 2.59 bits per heavy atom. The molecule has 1 heterocycles. The normalized spacial score (nSPS) is 16.5. The number of carbonyl (C=O) groups excluding carboxylic acids is 2. The SMILES string of the molecule is CCN(CC(=O)Nc1ccccc1C(F)(F)F)C(=O)CCC1CCNC1.Cl. The van der Waals surface area contributed by atoms with Crippen molar-refractivity contribution in [2.75, 3.05) is 31.5 Å². The van der Waals surface area contributed by atoms with E-state index in [1.54, 1.807) is 6.92 Å². The van der Waals surface area contributed by atoms with Crippen molar-refractivity contribution in [2.24, 2.45) is 5.92 Å². The lowest BCUT2D eigenvalue weighted by atomic mass is 10.0. The van der Waals surface area contributed by atoms with Crippen LogP contribution in [0.3, 0.4) is 0 Å². The number of hydrogen-bond acceptors (Lipinski definition) is 3. The molecule has 0 spiro atoms. The third-order valence-electron chi connectivity index (χ3n) is 4.50.